The van der Waals surface area contributed by atoms with Crippen molar-refractivity contribution in [3.05, 3.63) is 60.2 Å². The van der Waals surface area contributed by atoms with Crippen LogP contribution in [0, 0.1) is 0 Å². The number of aliphatic hydroxyl groups is 1. The van der Waals surface area contributed by atoms with E-state index in [1.807, 2.05) is 24.5 Å². The van der Waals surface area contributed by atoms with Crippen LogP contribution in [0.5, 0.6) is 0 Å². The van der Waals surface area contributed by atoms with Crippen molar-refractivity contribution in [2.45, 2.75) is 52.1 Å². The SMILES string of the molecule is CC(C)(C)[Si](C)(C)OCc1ccncc1.OCc1ccncc1. The molecule has 5 heteroatoms. The van der Waals surface area contributed by atoms with E-state index < -0.39 is 8.32 Å². The smallest absolute Gasteiger partial charge is 0.192 e. The van der Waals surface area contributed by atoms with E-state index in [2.05, 4.69) is 43.8 Å². The second kappa shape index (κ2) is 8.91. The Labute approximate surface area is 140 Å². The summed E-state index contributed by atoms with van der Waals surface area (Å²) in [7, 11) is -1.61. The molecule has 0 aliphatic heterocycles. The average Bonchev–Trinajstić information content (AvgIpc) is 2.54. The Morgan fingerprint density at radius 3 is 1.70 bits per heavy atom. The van der Waals surface area contributed by atoms with E-state index in [-0.39, 0.29) is 11.6 Å². The summed E-state index contributed by atoms with van der Waals surface area (Å²) in [6.07, 6.45) is 6.94. The van der Waals surface area contributed by atoms with Crippen molar-refractivity contribution in [3.63, 3.8) is 0 Å². The highest BCUT2D eigenvalue weighted by molar-refractivity contribution is 6.74. The number of pyridine rings is 2. The molecule has 0 bridgehead atoms. The highest BCUT2D eigenvalue weighted by Gasteiger charge is 2.36. The summed E-state index contributed by atoms with van der Waals surface area (Å²) in [5.41, 5.74) is 2.11. The van der Waals surface area contributed by atoms with Gasteiger partial charge in [0.2, 0.25) is 0 Å². The van der Waals surface area contributed by atoms with Gasteiger partial charge in [0.05, 0.1) is 13.2 Å². The Hall–Kier alpha value is -1.56. The molecule has 4 nitrogen and oxygen atoms in total. The number of hydrogen-bond acceptors (Lipinski definition) is 4. The largest absolute Gasteiger partial charge is 0.413 e. The number of rotatable bonds is 4. The third-order valence-electron chi connectivity index (χ3n) is 4.09. The van der Waals surface area contributed by atoms with Gasteiger partial charge in [0.1, 0.15) is 0 Å². The van der Waals surface area contributed by atoms with E-state index in [4.69, 9.17) is 9.53 Å². The maximum absolute atomic E-state index is 8.51. The van der Waals surface area contributed by atoms with Crippen molar-refractivity contribution in [1.82, 2.24) is 9.97 Å². The molecular formula is C18H28N2O2Si. The standard InChI is InChI=1S/C12H21NOSi.C6H7NO/c1-12(2,3)15(4,5)14-10-11-6-8-13-9-7-11;8-5-6-1-3-7-4-2-6/h6-9H,10H2,1-5H3;1-4,8H,5H2. The lowest BCUT2D eigenvalue weighted by Gasteiger charge is -2.36. The fourth-order valence-corrected chi connectivity index (χ4v) is 2.41. The van der Waals surface area contributed by atoms with Gasteiger partial charge in [-0.3, -0.25) is 9.97 Å². The fraction of sp³-hybridized carbons (Fsp3) is 0.444. The number of nitrogens with zero attached hydrogens (tertiary/aromatic N) is 2. The van der Waals surface area contributed by atoms with Crippen LogP contribution in [0.3, 0.4) is 0 Å². The first-order valence-electron chi connectivity index (χ1n) is 7.79. The highest BCUT2D eigenvalue weighted by atomic mass is 28.4. The van der Waals surface area contributed by atoms with Crippen LogP contribution in [0.25, 0.3) is 0 Å². The molecule has 2 aromatic rings. The van der Waals surface area contributed by atoms with Gasteiger partial charge in [0.25, 0.3) is 0 Å². The monoisotopic (exact) mass is 332 g/mol. The maximum Gasteiger partial charge on any atom is 0.192 e. The first-order valence-corrected chi connectivity index (χ1v) is 10.7. The molecule has 0 aliphatic rings. The molecule has 0 atom stereocenters. The van der Waals surface area contributed by atoms with Crippen LogP contribution in [-0.2, 0) is 17.6 Å². The van der Waals surface area contributed by atoms with Crippen LogP contribution in [-0.4, -0.2) is 23.4 Å². The van der Waals surface area contributed by atoms with E-state index in [0.29, 0.717) is 6.61 Å². The molecule has 2 heterocycles. The first-order chi connectivity index (χ1) is 10.8. The maximum atomic E-state index is 8.51. The molecule has 0 spiro atoms. The average molecular weight is 333 g/mol. The van der Waals surface area contributed by atoms with Crippen LogP contribution in [0.2, 0.25) is 18.1 Å². The van der Waals surface area contributed by atoms with Crippen molar-refractivity contribution in [2.24, 2.45) is 0 Å². The molecule has 1 N–H and O–H groups in total. The van der Waals surface area contributed by atoms with Crippen LogP contribution in [0.4, 0.5) is 0 Å². The molecule has 2 rings (SSSR count). The molecule has 23 heavy (non-hydrogen) atoms. The molecular weight excluding hydrogens is 304 g/mol. The van der Waals surface area contributed by atoms with Crippen molar-refractivity contribution in [2.75, 3.05) is 0 Å². The fourth-order valence-electron chi connectivity index (χ4n) is 1.45. The second-order valence-corrected chi connectivity index (χ2v) is 11.7. The Bertz CT molecular complexity index is 554. The van der Waals surface area contributed by atoms with Crippen LogP contribution in [0.15, 0.2) is 49.1 Å². The molecule has 126 valence electrons. The lowest BCUT2D eigenvalue weighted by atomic mass is 10.2. The van der Waals surface area contributed by atoms with E-state index in [1.165, 1.54) is 5.56 Å². The third kappa shape index (κ3) is 7.03. The molecule has 2 aromatic heterocycles. The van der Waals surface area contributed by atoms with Gasteiger partial charge in [-0.05, 0) is 53.5 Å². The quantitative estimate of drug-likeness (QED) is 0.854. The minimum absolute atomic E-state index is 0.0997. The van der Waals surface area contributed by atoms with Gasteiger partial charge in [0.15, 0.2) is 8.32 Å². The number of aliphatic hydroxyl groups excluding tert-OH is 1. The third-order valence-corrected chi connectivity index (χ3v) is 8.57. The van der Waals surface area contributed by atoms with Crippen molar-refractivity contribution in [1.29, 1.82) is 0 Å². The van der Waals surface area contributed by atoms with Gasteiger partial charge in [-0.15, -0.1) is 0 Å². The van der Waals surface area contributed by atoms with Gasteiger partial charge in [-0.25, -0.2) is 0 Å². The van der Waals surface area contributed by atoms with Crippen molar-refractivity contribution in [3.8, 4) is 0 Å². The lowest BCUT2D eigenvalue weighted by Crippen LogP contribution is -2.40. The number of aromatic nitrogens is 2. The zero-order chi connectivity index (χ0) is 17.3. The molecule has 0 radical (unpaired) electrons. The van der Waals surface area contributed by atoms with E-state index in [0.717, 1.165) is 5.56 Å². The van der Waals surface area contributed by atoms with E-state index in [1.54, 1.807) is 24.5 Å². The summed E-state index contributed by atoms with van der Waals surface area (Å²) in [5, 5.41) is 8.79. The minimum atomic E-state index is -1.61. The van der Waals surface area contributed by atoms with Gasteiger partial charge in [0, 0.05) is 24.8 Å². The Kier molecular flexibility index (Phi) is 7.55. The molecule has 0 fully saturated rings. The summed E-state index contributed by atoms with van der Waals surface area (Å²) in [6.45, 7) is 12.1. The molecule has 0 saturated carbocycles. The zero-order valence-electron chi connectivity index (χ0n) is 14.8. The summed E-state index contributed by atoms with van der Waals surface area (Å²) in [6, 6.07) is 7.57. The van der Waals surface area contributed by atoms with Gasteiger partial charge < -0.3 is 9.53 Å². The minimum Gasteiger partial charge on any atom is -0.413 e. The summed E-state index contributed by atoms with van der Waals surface area (Å²) in [5.74, 6) is 0. The van der Waals surface area contributed by atoms with Gasteiger partial charge in [-0.2, -0.15) is 0 Å². The van der Waals surface area contributed by atoms with Gasteiger partial charge >= 0.3 is 0 Å². The molecule has 0 aliphatic carbocycles. The van der Waals surface area contributed by atoms with E-state index >= 15 is 0 Å². The molecule has 0 aromatic carbocycles. The zero-order valence-corrected chi connectivity index (χ0v) is 15.8. The Morgan fingerprint density at radius 1 is 0.913 bits per heavy atom. The predicted molar refractivity (Wildman–Crippen MR) is 96.4 cm³/mol. The van der Waals surface area contributed by atoms with Crippen LogP contribution in [0.1, 0.15) is 31.9 Å². The van der Waals surface area contributed by atoms with Crippen LogP contribution < -0.4 is 0 Å². The van der Waals surface area contributed by atoms with Crippen molar-refractivity contribution >= 4 is 8.32 Å². The second-order valence-electron chi connectivity index (χ2n) is 6.92. The molecule has 0 saturated heterocycles. The molecule has 0 unspecified atom stereocenters. The van der Waals surface area contributed by atoms with Crippen LogP contribution >= 0.6 is 0 Å². The molecule has 0 amide bonds. The van der Waals surface area contributed by atoms with E-state index in [9.17, 15) is 0 Å². The first kappa shape index (κ1) is 19.5. The Balaban J connectivity index is 0.000000277. The Morgan fingerprint density at radius 2 is 1.35 bits per heavy atom. The lowest BCUT2D eigenvalue weighted by molar-refractivity contribution is 0.276. The summed E-state index contributed by atoms with van der Waals surface area (Å²) >= 11 is 0. The van der Waals surface area contributed by atoms with Gasteiger partial charge in [-0.1, -0.05) is 20.8 Å². The topological polar surface area (TPSA) is 55.2 Å². The summed E-state index contributed by atoms with van der Waals surface area (Å²) in [4.78, 5) is 7.78. The van der Waals surface area contributed by atoms with Crippen molar-refractivity contribution < 1.29 is 9.53 Å². The highest BCUT2D eigenvalue weighted by Crippen LogP contribution is 2.36. The predicted octanol–water partition coefficient (Wildman–Crippen LogP) is 4.18. The number of hydrogen-bond donors (Lipinski definition) is 1. The normalized spacial score (nSPS) is 11.6. The summed E-state index contributed by atoms with van der Waals surface area (Å²) < 4.78 is 6.09.